The van der Waals surface area contributed by atoms with Crippen molar-refractivity contribution in [1.82, 2.24) is 4.98 Å². The van der Waals surface area contributed by atoms with Gasteiger partial charge in [-0.1, -0.05) is 6.42 Å². The fraction of sp³-hybridized carbons (Fsp3) is 0.412. The molecule has 1 aliphatic carbocycles. The molecule has 2 aromatic rings. The summed E-state index contributed by atoms with van der Waals surface area (Å²) in [5.74, 6) is 0.972. The van der Waals surface area contributed by atoms with Gasteiger partial charge in [0.1, 0.15) is 11.5 Å². The van der Waals surface area contributed by atoms with E-state index in [1.165, 1.54) is 24.1 Å². The van der Waals surface area contributed by atoms with Gasteiger partial charge in [-0.15, -0.1) is 11.3 Å². The summed E-state index contributed by atoms with van der Waals surface area (Å²) in [6.45, 7) is 0. The lowest BCUT2D eigenvalue weighted by atomic mass is 10.2. The van der Waals surface area contributed by atoms with Gasteiger partial charge in [-0.05, 0) is 37.8 Å². The molecule has 1 N–H and O–H groups in total. The Balaban J connectivity index is 1.79. The van der Waals surface area contributed by atoms with E-state index >= 15 is 0 Å². The molecule has 0 spiro atoms. The predicted molar refractivity (Wildman–Crippen MR) is 90.9 cm³/mol. The zero-order valence-corrected chi connectivity index (χ0v) is 14.2. The van der Waals surface area contributed by atoms with Gasteiger partial charge in [0.2, 0.25) is 0 Å². The first-order valence-corrected chi connectivity index (χ1v) is 8.54. The quantitative estimate of drug-likeness (QED) is 0.868. The third kappa shape index (κ3) is 3.64. The summed E-state index contributed by atoms with van der Waals surface area (Å²) < 4.78 is 10.4. The summed E-state index contributed by atoms with van der Waals surface area (Å²) in [4.78, 5) is 18.4. The normalized spacial score (nSPS) is 13.8. The number of carbonyl (C=O) groups excluding carboxylic acids is 1. The van der Waals surface area contributed by atoms with E-state index in [0.29, 0.717) is 22.2 Å². The molecule has 0 bridgehead atoms. The highest BCUT2D eigenvalue weighted by atomic mass is 32.1. The van der Waals surface area contributed by atoms with Crippen LogP contribution in [0, 0.1) is 0 Å². The van der Waals surface area contributed by atoms with E-state index in [9.17, 15) is 4.79 Å². The van der Waals surface area contributed by atoms with Crippen molar-refractivity contribution in [2.24, 2.45) is 0 Å². The Morgan fingerprint density at radius 2 is 1.78 bits per heavy atom. The number of carbonyl (C=O) groups is 1. The summed E-state index contributed by atoms with van der Waals surface area (Å²) in [5.41, 5.74) is 1.64. The minimum Gasteiger partial charge on any atom is -0.497 e. The number of aryl methyl sites for hydroxylation is 2. The van der Waals surface area contributed by atoms with Crippen molar-refractivity contribution in [3.8, 4) is 11.5 Å². The molecule has 0 atom stereocenters. The predicted octanol–water partition coefficient (Wildman–Crippen LogP) is 3.68. The van der Waals surface area contributed by atoms with E-state index in [4.69, 9.17) is 9.47 Å². The molecule has 0 aliphatic heterocycles. The number of ether oxygens (including phenoxy) is 2. The maximum Gasteiger partial charge on any atom is 0.257 e. The van der Waals surface area contributed by atoms with Gasteiger partial charge in [-0.25, -0.2) is 4.98 Å². The molecule has 3 rings (SSSR count). The van der Waals surface area contributed by atoms with E-state index in [1.807, 2.05) is 0 Å². The Kier molecular flexibility index (Phi) is 4.81. The maximum atomic E-state index is 12.5. The second-order valence-corrected chi connectivity index (χ2v) is 6.59. The van der Waals surface area contributed by atoms with Gasteiger partial charge < -0.3 is 9.47 Å². The SMILES string of the molecule is COc1cc(OC)cc(C(=O)Nc2nc3c(s2)CCCCC3)c1. The van der Waals surface area contributed by atoms with E-state index < -0.39 is 0 Å². The van der Waals surface area contributed by atoms with Gasteiger partial charge in [0, 0.05) is 16.5 Å². The molecule has 5 nitrogen and oxygen atoms in total. The highest BCUT2D eigenvalue weighted by Crippen LogP contribution is 2.30. The molecule has 0 saturated heterocycles. The molecule has 23 heavy (non-hydrogen) atoms. The van der Waals surface area contributed by atoms with Crippen LogP contribution in [0.2, 0.25) is 0 Å². The van der Waals surface area contributed by atoms with Crippen LogP contribution >= 0.6 is 11.3 Å². The van der Waals surface area contributed by atoms with Crippen LogP contribution in [0.1, 0.15) is 40.2 Å². The topological polar surface area (TPSA) is 60.5 Å². The van der Waals surface area contributed by atoms with Crippen molar-refractivity contribution < 1.29 is 14.3 Å². The van der Waals surface area contributed by atoms with Crippen LogP contribution in [0.3, 0.4) is 0 Å². The third-order valence-corrected chi connectivity index (χ3v) is 5.00. The van der Waals surface area contributed by atoms with Crippen LogP contribution in [-0.4, -0.2) is 25.1 Å². The number of benzene rings is 1. The standard InChI is InChI=1S/C17H20N2O3S/c1-21-12-8-11(9-13(10-12)22-2)16(20)19-17-18-14-6-4-3-5-7-15(14)23-17/h8-10H,3-7H2,1-2H3,(H,18,19,20). The van der Waals surface area contributed by atoms with Crippen LogP contribution in [0.4, 0.5) is 5.13 Å². The van der Waals surface area contributed by atoms with Crippen molar-refractivity contribution in [3.05, 3.63) is 34.3 Å². The highest BCUT2D eigenvalue weighted by molar-refractivity contribution is 7.15. The zero-order chi connectivity index (χ0) is 16.2. The fourth-order valence-corrected chi connectivity index (χ4v) is 3.73. The van der Waals surface area contributed by atoms with E-state index in [1.54, 1.807) is 43.8 Å². The first-order chi connectivity index (χ1) is 11.2. The van der Waals surface area contributed by atoms with Crippen molar-refractivity contribution >= 4 is 22.4 Å². The summed E-state index contributed by atoms with van der Waals surface area (Å²) in [7, 11) is 3.13. The molecule has 6 heteroatoms. The lowest BCUT2D eigenvalue weighted by Crippen LogP contribution is -2.12. The van der Waals surface area contributed by atoms with E-state index in [-0.39, 0.29) is 5.91 Å². The number of amides is 1. The summed E-state index contributed by atoms with van der Waals surface area (Å²) >= 11 is 1.59. The molecule has 1 aliphatic rings. The Hall–Kier alpha value is -2.08. The number of thiazole rings is 1. The smallest absolute Gasteiger partial charge is 0.257 e. The molecule has 0 saturated carbocycles. The number of hydrogen-bond acceptors (Lipinski definition) is 5. The van der Waals surface area contributed by atoms with Gasteiger partial charge in [0.25, 0.3) is 5.91 Å². The number of methoxy groups -OCH3 is 2. The van der Waals surface area contributed by atoms with Gasteiger partial charge in [0.05, 0.1) is 19.9 Å². The van der Waals surface area contributed by atoms with Gasteiger partial charge >= 0.3 is 0 Å². The molecular formula is C17H20N2O3S. The third-order valence-electron chi connectivity index (χ3n) is 3.93. The Morgan fingerprint density at radius 1 is 1.09 bits per heavy atom. The molecule has 0 unspecified atom stereocenters. The first-order valence-electron chi connectivity index (χ1n) is 7.72. The number of nitrogens with zero attached hydrogens (tertiary/aromatic N) is 1. The van der Waals surface area contributed by atoms with Crippen LogP contribution in [0.25, 0.3) is 0 Å². The average molecular weight is 332 g/mol. The van der Waals surface area contributed by atoms with Crippen molar-refractivity contribution in [2.45, 2.75) is 32.1 Å². The largest absolute Gasteiger partial charge is 0.497 e. The van der Waals surface area contributed by atoms with Crippen LogP contribution in [0.15, 0.2) is 18.2 Å². The maximum absolute atomic E-state index is 12.5. The fourth-order valence-electron chi connectivity index (χ4n) is 2.69. The van der Waals surface area contributed by atoms with E-state index in [2.05, 4.69) is 10.3 Å². The molecule has 1 amide bonds. The van der Waals surface area contributed by atoms with Crippen LogP contribution < -0.4 is 14.8 Å². The molecule has 1 aromatic carbocycles. The first kappa shape index (κ1) is 15.8. The molecule has 1 aromatic heterocycles. The second-order valence-electron chi connectivity index (χ2n) is 5.51. The number of rotatable bonds is 4. The van der Waals surface area contributed by atoms with E-state index in [0.717, 1.165) is 18.5 Å². The molecule has 122 valence electrons. The number of nitrogens with one attached hydrogen (secondary N) is 1. The summed E-state index contributed by atoms with van der Waals surface area (Å²) in [6.07, 6.45) is 5.71. The highest BCUT2D eigenvalue weighted by Gasteiger charge is 2.17. The Morgan fingerprint density at radius 3 is 2.48 bits per heavy atom. The lowest BCUT2D eigenvalue weighted by molar-refractivity contribution is 0.102. The lowest BCUT2D eigenvalue weighted by Gasteiger charge is -2.08. The average Bonchev–Trinajstić information content (AvgIpc) is 2.82. The molecule has 1 heterocycles. The summed E-state index contributed by atoms with van der Waals surface area (Å²) in [5, 5.41) is 3.57. The number of aromatic nitrogens is 1. The second kappa shape index (κ2) is 7.00. The minimum absolute atomic E-state index is 0.203. The zero-order valence-electron chi connectivity index (χ0n) is 13.3. The molecule has 0 radical (unpaired) electrons. The Labute approximate surface area is 139 Å². The Bertz CT molecular complexity index is 666. The minimum atomic E-state index is -0.203. The molecule has 0 fully saturated rings. The van der Waals surface area contributed by atoms with Gasteiger partial charge in [-0.3, -0.25) is 10.1 Å². The molecular weight excluding hydrogens is 312 g/mol. The van der Waals surface area contributed by atoms with Gasteiger partial charge in [-0.2, -0.15) is 0 Å². The van der Waals surface area contributed by atoms with Crippen molar-refractivity contribution in [2.75, 3.05) is 19.5 Å². The number of anilines is 1. The number of hydrogen-bond donors (Lipinski definition) is 1. The van der Waals surface area contributed by atoms with Crippen molar-refractivity contribution in [3.63, 3.8) is 0 Å². The van der Waals surface area contributed by atoms with Gasteiger partial charge in [0.15, 0.2) is 5.13 Å². The van der Waals surface area contributed by atoms with Crippen molar-refractivity contribution in [1.29, 1.82) is 0 Å². The summed E-state index contributed by atoms with van der Waals surface area (Å²) in [6, 6.07) is 5.12. The monoisotopic (exact) mass is 332 g/mol. The number of fused-ring (bicyclic) bond motifs is 1. The van der Waals surface area contributed by atoms with Crippen LogP contribution in [0.5, 0.6) is 11.5 Å². The van der Waals surface area contributed by atoms with Crippen LogP contribution in [-0.2, 0) is 12.8 Å².